The van der Waals surface area contributed by atoms with Crippen molar-refractivity contribution in [3.63, 3.8) is 0 Å². The van der Waals surface area contributed by atoms with E-state index in [2.05, 4.69) is 18.7 Å². The Bertz CT molecular complexity index is 223. The molecule has 94 valence electrons. The lowest BCUT2D eigenvalue weighted by Gasteiger charge is -2.48. The fourth-order valence-electron chi connectivity index (χ4n) is 3.53. The Balaban J connectivity index is 2.07. The van der Waals surface area contributed by atoms with Crippen LogP contribution in [0, 0.1) is 5.92 Å². The third kappa shape index (κ3) is 2.28. The van der Waals surface area contributed by atoms with Gasteiger partial charge in [0.2, 0.25) is 0 Å². The first-order valence-corrected chi connectivity index (χ1v) is 7.19. The van der Waals surface area contributed by atoms with Crippen molar-refractivity contribution in [1.82, 2.24) is 4.90 Å². The maximum absolute atomic E-state index is 6.10. The van der Waals surface area contributed by atoms with E-state index in [9.17, 15) is 0 Å². The van der Waals surface area contributed by atoms with Gasteiger partial charge in [-0.3, -0.25) is 4.90 Å². The quantitative estimate of drug-likeness (QED) is 0.778. The molecule has 1 heterocycles. The summed E-state index contributed by atoms with van der Waals surface area (Å²) in [6.07, 6.45) is 9.69. The van der Waals surface area contributed by atoms with Gasteiger partial charge < -0.3 is 5.73 Å². The van der Waals surface area contributed by atoms with Gasteiger partial charge in [-0.25, -0.2) is 0 Å². The zero-order valence-corrected chi connectivity index (χ0v) is 11.0. The SMILES string of the molecule is CCCC1CCCCN1C(C)(CN)C1CC1. The third-order valence-corrected chi connectivity index (χ3v) is 4.78. The number of nitrogens with two attached hydrogens (primary N) is 1. The minimum Gasteiger partial charge on any atom is -0.329 e. The van der Waals surface area contributed by atoms with Crippen LogP contribution in [0.5, 0.6) is 0 Å². The van der Waals surface area contributed by atoms with Crippen molar-refractivity contribution < 1.29 is 0 Å². The van der Waals surface area contributed by atoms with Gasteiger partial charge in [-0.05, 0) is 51.5 Å². The minimum absolute atomic E-state index is 0.306. The van der Waals surface area contributed by atoms with Gasteiger partial charge >= 0.3 is 0 Å². The number of likely N-dealkylation sites (tertiary alicyclic amines) is 1. The molecular weight excluding hydrogens is 196 g/mol. The van der Waals surface area contributed by atoms with Gasteiger partial charge in [0.25, 0.3) is 0 Å². The molecule has 2 N–H and O–H groups in total. The molecule has 0 radical (unpaired) electrons. The van der Waals surface area contributed by atoms with Crippen LogP contribution in [0.4, 0.5) is 0 Å². The van der Waals surface area contributed by atoms with E-state index in [4.69, 9.17) is 5.73 Å². The van der Waals surface area contributed by atoms with E-state index in [0.29, 0.717) is 5.54 Å². The Hall–Kier alpha value is -0.0800. The van der Waals surface area contributed by atoms with Crippen molar-refractivity contribution in [2.75, 3.05) is 13.1 Å². The Morgan fingerprint density at radius 1 is 1.25 bits per heavy atom. The summed E-state index contributed by atoms with van der Waals surface area (Å²) in [4.78, 5) is 2.78. The van der Waals surface area contributed by atoms with Gasteiger partial charge in [0.15, 0.2) is 0 Å². The highest BCUT2D eigenvalue weighted by Gasteiger charge is 2.46. The summed E-state index contributed by atoms with van der Waals surface area (Å²) >= 11 is 0. The van der Waals surface area contributed by atoms with Crippen molar-refractivity contribution in [3.8, 4) is 0 Å². The van der Waals surface area contributed by atoms with E-state index in [1.807, 2.05) is 0 Å². The summed E-state index contributed by atoms with van der Waals surface area (Å²) < 4.78 is 0. The fraction of sp³-hybridized carbons (Fsp3) is 1.00. The number of nitrogens with zero attached hydrogens (tertiary/aromatic N) is 1. The van der Waals surface area contributed by atoms with E-state index < -0.39 is 0 Å². The lowest BCUT2D eigenvalue weighted by atomic mass is 9.86. The second-order valence-corrected chi connectivity index (χ2v) is 5.97. The number of hydrogen-bond acceptors (Lipinski definition) is 2. The first kappa shape index (κ1) is 12.4. The predicted molar refractivity (Wildman–Crippen MR) is 69.4 cm³/mol. The molecule has 2 atom stereocenters. The summed E-state index contributed by atoms with van der Waals surface area (Å²) in [6.45, 7) is 6.86. The molecule has 0 aromatic rings. The molecule has 0 aromatic carbocycles. The van der Waals surface area contributed by atoms with Crippen LogP contribution >= 0.6 is 0 Å². The third-order valence-electron chi connectivity index (χ3n) is 4.78. The van der Waals surface area contributed by atoms with Crippen LogP contribution in [0.3, 0.4) is 0 Å². The molecule has 1 aliphatic heterocycles. The molecule has 0 spiro atoms. The molecule has 2 fully saturated rings. The van der Waals surface area contributed by atoms with Crippen LogP contribution in [0.1, 0.15) is 58.8 Å². The molecule has 0 bridgehead atoms. The van der Waals surface area contributed by atoms with Crippen LogP contribution in [-0.4, -0.2) is 29.6 Å². The zero-order chi connectivity index (χ0) is 11.6. The highest BCUT2D eigenvalue weighted by atomic mass is 15.2. The largest absolute Gasteiger partial charge is 0.329 e. The fourth-order valence-corrected chi connectivity index (χ4v) is 3.53. The van der Waals surface area contributed by atoms with E-state index in [1.54, 1.807) is 0 Å². The Kier molecular flexibility index (Phi) is 3.91. The molecule has 2 aliphatic rings. The highest BCUT2D eigenvalue weighted by Crippen LogP contribution is 2.45. The molecule has 1 saturated carbocycles. The first-order chi connectivity index (χ1) is 7.72. The average Bonchev–Trinajstić information content (AvgIpc) is 3.13. The van der Waals surface area contributed by atoms with Crippen molar-refractivity contribution in [3.05, 3.63) is 0 Å². The van der Waals surface area contributed by atoms with Crippen LogP contribution in [0.15, 0.2) is 0 Å². The van der Waals surface area contributed by atoms with Gasteiger partial charge in [0.05, 0.1) is 0 Å². The predicted octanol–water partition coefficient (Wildman–Crippen LogP) is 2.77. The van der Waals surface area contributed by atoms with Gasteiger partial charge in [-0.1, -0.05) is 19.8 Å². The highest BCUT2D eigenvalue weighted by molar-refractivity contribution is 5.02. The molecule has 2 unspecified atom stereocenters. The summed E-state index contributed by atoms with van der Waals surface area (Å²) in [7, 11) is 0. The Morgan fingerprint density at radius 3 is 2.56 bits per heavy atom. The Morgan fingerprint density at radius 2 is 2.00 bits per heavy atom. The molecule has 2 rings (SSSR count). The maximum Gasteiger partial charge on any atom is 0.0334 e. The summed E-state index contributed by atoms with van der Waals surface area (Å²) in [5.74, 6) is 0.884. The second-order valence-electron chi connectivity index (χ2n) is 5.97. The molecule has 2 nitrogen and oxygen atoms in total. The van der Waals surface area contributed by atoms with Gasteiger partial charge in [-0.2, -0.15) is 0 Å². The van der Waals surface area contributed by atoms with Crippen LogP contribution < -0.4 is 5.73 Å². The topological polar surface area (TPSA) is 29.3 Å². The molecule has 0 amide bonds. The van der Waals surface area contributed by atoms with Crippen molar-refractivity contribution >= 4 is 0 Å². The lowest BCUT2D eigenvalue weighted by molar-refractivity contribution is 0.0148. The maximum atomic E-state index is 6.10. The molecular formula is C14H28N2. The first-order valence-electron chi connectivity index (χ1n) is 7.19. The van der Waals surface area contributed by atoms with Crippen molar-refractivity contribution in [2.45, 2.75) is 70.4 Å². The standard InChI is InChI=1S/C14H28N2/c1-3-6-13-7-4-5-10-16(13)14(2,11-15)12-8-9-12/h12-13H,3-11,15H2,1-2H3. The molecule has 0 aromatic heterocycles. The van der Waals surface area contributed by atoms with E-state index in [-0.39, 0.29) is 0 Å². The van der Waals surface area contributed by atoms with E-state index in [0.717, 1.165) is 18.5 Å². The van der Waals surface area contributed by atoms with Gasteiger partial charge in [0, 0.05) is 18.1 Å². The molecule has 2 heteroatoms. The van der Waals surface area contributed by atoms with Gasteiger partial charge in [0.1, 0.15) is 0 Å². The summed E-state index contributed by atoms with van der Waals surface area (Å²) in [5, 5.41) is 0. The molecule has 1 saturated heterocycles. The normalized spacial score (nSPS) is 31.3. The lowest BCUT2D eigenvalue weighted by Crippen LogP contribution is -2.59. The van der Waals surface area contributed by atoms with E-state index in [1.165, 1.54) is 51.5 Å². The number of rotatable bonds is 5. The van der Waals surface area contributed by atoms with Crippen LogP contribution in [0.2, 0.25) is 0 Å². The van der Waals surface area contributed by atoms with Crippen LogP contribution in [0.25, 0.3) is 0 Å². The second kappa shape index (κ2) is 5.05. The molecule has 16 heavy (non-hydrogen) atoms. The number of hydrogen-bond donors (Lipinski definition) is 1. The number of piperidine rings is 1. The van der Waals surface area contributed by atoms with E-state index >= 15 is 0 Å². The van der Waals surface area contributed by atoms with Gasteiger partial charge in [-0.15, -0.1) is 0 Å². The monoisotopic (exact) mass is 224 g/mol. The summed E-state index contributed by atoms with van der Waals surface area (Å²) in [5.41, 5.74) is 6.40. The summed E-state index contributed by atoms with van der Waals surface area (Å²) in [6, 6.07) is 0.813. The Labute approximate surface area is 101 Å². The average molecular weight is 224 g/mol. The smallest absolute Gasteiger partial charge is 0.0334 e. The zero-order valence-electron chi connectivity index (χ0n) is 11.0. The van der Waals surface area contributed by atoms with Crippen LogP contribution in [-0.2, 0) is 0 Å². The van der Waals surface area contributed by atoms with Crippen molar-refractivity contribution in [1.29, 1.82) is 0 Å². The molecule has 1 aliphatic carbocycles. The minimum atomic E-state index is 0.306. The van der Waals surface area contributed by atoms with Crippen molar-refractivity contribution in [2.24, 2.45) is 11.7 Å².